The molecule has 0 unspecified atom stereocenters. The molecule has 5 nitrogen and oxygen atoms in total. The number of anilines is 1. The lowest BCUT2D eigenvalue weighted by Crippen LogP contribution is -2.10. The zero-order valence-corrected chi connectivity index (χ0v) is 13.1. The highest BCUT2D eigenvalue weighted by Crippen LogP contribution is 2.16. The number of hydrogen-bond donors (Lipinski definition) is 1. The Morgan fingerprint density at radius 3 is 2.70 bits per heavy atom. The second kappa shape index (κ2) is 9.53. The molecule has 5 heteroatoms. The number of rotatable bonds is 10. The van der Waals surface area contributed by atoms with Crippen LogP contribution < -0.4 is 10.1 Å². The normalized spacial score (nSPS) is 10.8. The standard InChI is InChI=1S/C15H27N3O2/c1-5-8-20-15-11-13(16-7-6-9-19-4)17-14(18-15)10-12(2)3/h11-12H,5-10H2,1-4H3,(H,16,17,18). The summed E-state index contributed by atoms with van der Waals surface area (Å²) in [5, 5.41) is 3.30. The predicted octanol–water partition coefficient (Wildman–Crippen LogP) is 2.91. The van der Waals surface area contributed by atoms with Crippen molar-refractivity contribution in [3.05, 3.63) is 11.9 Å². The Labute approximate surface area is 122 Å². The van der Waals surface area contributed by atoms with Gasteiger partial charge in [-0.1, -0.05) is 20.8 Å². The van der Waals surface area contributed by atoms with Crippen LogP contribution in [0.1, 0.15) is 39.4 Å². The van der Waals surface area contributed by atoms with E-state index in [1.165, 1.54) is 0 Å². The zero-order chi connectivity index (χ0) is 14.8. The van der Waals surface area contributed by atoms with E-state index in [2.05, 4.69) is 36.1 Å². The average molecular weight is 281 g/mol. The SMILES string of the molecule is CCCOc1cc(NCCCOC)nc(CC(C)C)n1. The number of nitrogens with one attached hydrogen (secondary N) is 1. The van der Waals surface area contributed by atoms with Gasteiger partial charge in [0.25, 0.3) is 0 Å². The van der Waals surface area contributed by atoms with Crippen LogP contribution >= 0.6 is 0 Å². The lowest BCUT2D eigenvalue weighted by molar-refractivity contribution is 0.197. The minimum absolute atomic E-state index is 0.526. The molecule has 0 spiro atoms. The van der Waals surface area contributed by atoms with Crippen LogP contribution in [0.5, 0.6) is 5.88 Å². The van der Waals surface area contributed by atoms with Gasteiger partial charge in [-0.25, -0.2) is 4.98 Å². The third-order valence-electron chi connectivity index (χ3n) is 2.63. The van der Waals surface area contributed by atoms with Gasteiger partial charge in [-0.2, -0.15) is 4.98 Å². The van der Waals surface area contributed by atoms with E-state index in [-0.39, 0.29) is 0 Å². The van der Waals surface area contributed by atoms with Crippen molar-refractivity contribution in [2.24, 2.45) is 5.92 Å². The molecule has 0 fully saturated rings. The van der Waals surface area contributed by atoms with Crippen molar-refractivity contribution in [1.82, 2.24) is 9.97 Å². The first kappa shape index (κ1) is 16.7. The fourth-order valence-corrected chi connectivity index (χ4v) is 1.73. The Kier molecular flexibility index (Phi) is 7.95. The molecule has 1 heterocycles. The van der Waals surface area contributed by atoms with Gasteiger partial charge in [0, 0.05) is 32.7 Å². The second-order valence-corrected chi connectivity index (χ2v) is 5.23. The Bertz CT molecular complexity index is 383. The summed E-state index contributed by atoms with van der Waals surface area (Å²) < 4.78 is 10.7. The summed E-state index contributed by atoms with van der Waals surface area (Å²) in [5.41, 5.74) is 0. The molecule has 0 bridgehead atoms. The molecular weight excluding hydrogens is 254 g/mol. The van der Waals surface area contributed by atoms with Crippen molar-refractivity contribution in [3.63, 3.8) is 0 Å². The second-order valence-electron chi connectivity index (χ2n) is 5.23. The first-order valence-electron chi connectivity index (χ1n) is 7.39. The third kappa shape index (κ3) is 6.70. The topological polar surface area (TPSA) is 56.3 Å². The summed E-state index contributed by atoms with van der Waals surface area (Å²) in [7, 11) is 1.71. The van der Waals surface area contributed by atoms with E-state index in [1.807, 2.05) is 6.07 Å². The predicted molar refractivity (Wildman–Crippen MR) is 81.3 cm³/mol. The summed E-state index contributed by atoms with van der Waals surface area (Å²) in [6.45, 7) is 8.67. The quantitative estimate of drug-likeness (QED) is 0.668. The first-order valence-corrected chi connectivity index (χ1v) is 7.39. The summed E-state index contributed by atoms with van der Waals surface area (Å²) in [6.07, 6.45) is 2.78. The van der Waals surface area contributed by atoms with E-state index in [4.69, 9.17) is 9.47 Å². The van der Waals surface area contributed by atoms with Gasteiger partial charge in [-0.3, -0.25) is 0 Å². The highest BCUT2D eigenvalue weighted by atomic mass is 16.5. The molecule has 0 radical (unpaired) electrons. The van der Waals surface area contributed by atoms with Crippen molar-refractivity contribution < 1.29 is 9.47 Å². The Hall–Kier alpha value is -1.36. The maximum absolute atomic E-state index is 5.63. The van der Waals surface area contributed by atoms with Crippen molar-refractivity contribution in [3.8, 4) is 5.88 Å². The van der Waals surface area contributed by atoms with Gasteiger partial charge in [0.2, 0.25) is 5.88 Å². The molecule has 114 valence electrons. The highest BCUT2D eigenvalue weighted by molar-refractivity contribution is 5.38. The van der Waals surface area contributed by atoms with E-state index in [9.17, 15) is 0 Å². The first-order chi connectivity index (χ1) is 9.65. The Morgan fingerprint density at radius 1 is 1.25 bits per heavy atom. The van der Waals surface area contributed by atoms with Crippen LogP contribution in [0.2, 0.25) is 0 Å². The van der Waals surface area contributed by atoms with E-state index >= 15 is 0 Å². The summed E-state index contributed by atoms with van der Waals surface area (Å²) in [6, 6.07) is 1.87. The summed E-state index contributed by atoms with van der Waals surface area (Å²) in [5.74, 6) is 2.85. The molecular formula is C15H27N3O2. The molecule has 0 atom stereocenters. The molecule has 0 saturated heterocycles. The van der Waals surface area contributed by atoms with Gasteiger partial charge >= 0.3 is 0 Å². The number of nitrogens with zero attached hydrogens (tertiary/aromatic N) is 2. The molecule has 1 N–H and O–H groups in total. The van der Waals surface area contributed by atoms with Crippen molar-refractivity contribution in [2.45, 2.75) is 40.0 Å². The molecule has 1 aromatic heterocycles. The maximum atomic E-state index is 5.63. The fraction of sp³-hybridized carbons (Fsp3) is 0.733. The lowest BCUT2D eigenvalue weighted by atomic mass is 10.1. The molecule has 0 aliphatic carbocycles. The van der Waals surface area contributed by atoms with Gasteiger partial charge in [-0.05, 0) is 18.8 Å². The van der Waals surface area contributed by atoms with Gasteiger partial charge in [-0.15, -0.1) is 0 Å². The number of hydrogen-bond acceptors (Lipinski definition) is 5. The molecule has 0 aromatic carbocycles. The van der Waals surface area contributed by atoms with Crippen LogP contribution in [-0.4, -0.2) is 36.8 Å². The minimum Gasteiger partial charge on any atom is -0.478 e. The smallest absolute Gasteiger partial charge is 0.218 e. The molecule has 1 aromatic rings. The monoisotopic (exact) mass is 281 g/mol. The molecule has 20 heavy (non-hydrogen) atoms. The van der Waals surface area contributed by atoms with Crippen molar-refractivity contribution >= 4 is 5.82 Å². The van der Waals surface area contributed by atoms with Crippen LogP contribution in [0.3, 0.4) is 0 Å². The maximum Gasteiger partial charge on any atom is 0.218 e. The average Bonchev–Trinajstić information content (AvgIpc) is 2.40. The van der Waals surface area contributed by atoms with E-state index in [1.54, 1.807) is 7.11 Å². The van der Waals surface area contributed by atoms with E-state index in [0.29, 0.717) is 18.4 Å². The third-order valence-corrected chi connectivity index (χ3v) is 2.63. The van der Waals surface area contributed by atoms with E-state index < -0.39 is 0 Å². The number of methoxy groups -OCH3 is 1. The van der Waals surface area contributed by atoms with Crippen LogP contribution in [0, 0.1) is 5.92 Å². The fourth-order valence-electron chi connectivity index (χ4n) is 1.73. The summed E-state index contributed by atoms with van der Waals surface area (Å²) in [4.78, 5) is 8.99. The van der Waals surface area contributed by atoms with Crippen LogP contribution in [-0.2, 0) is 11.2 Å². The largest absolute Gasteiger partial charge is 0.478 e. The lowest BCUT2D eigenvalue weighted by Gasteiger charge is -2.11. The Balaban J connectivity index is 2.69. The number of ether oxygens (including phenoxy) is 2. The highest BCUT2D eigenvalue weighted by Gasteiger charge is 2.07. The zero-order valence-electron chi connectivity index (χ0n) is 13.1. The molecule has 0 aliphatic rings. The van der Waals surface area contributed by atoms with Gasteiger partial charge in [0.05, 0.1) is 6.61 Å². The Morgan fingerprint density at radius 2 is 2.05 bits per heavy atom. The summed E-state index contributed by atoms with van der Waals surface area (Å²) >= 11 is 0. The van der Waals surface area contributed by atoms with Gasteiger partial charge in [0.15, 0.2) is 0 Å². The van der Waals surface area contributed by atoms with Crippen LogP contribution in [0.4, 0.5) is 5.82 Å². The van der Waals surface area contributed by atoms with Gasteiger partial charge in [0.1, 0.15) is 11.6 Å². The number of aromatic nitrogens is 2. The molecule has 1 rings (SSSR count). The van der Waals surface area contributed by atoms with Crippen molar-refractivity contribution in [1.29, 1.82) is 0 Å². The molecule has 0 amide bonds. The minimum atomic E-state index is 0.526. The van der Waals surface area contributed by atoms with Crippen molar-refractivity contribution in [2.75, 3.05) is 32.2 Å². The van der Waals surface area contributed by atoms with Crippen LogP contribution in [0.15, 0.2) is 6.07 Å². The van der Waals surface area contributed by atoms with Gasteiger partial charge < -0.3 is 14.8 Å². The molecule has 0 saturated carbocycles. The van der Waals surface area contributed by atoms with E-state index in [0.717, 1.165) is 44.1 Å². The van der Waals surface area contributed by atoms with Crippen LogP contribution in [0.25, 0.3) is 0 Å². The molecule has 0 aliphatic heterocycles.